The molecule has 3 N–H and O–H groups in total. The van der Waals surface area contributed by atoms with Crippen molar-refractivity contribution in [3.63, 3.8) is 0 Å². The smallest absolute Gasteiger partial charge is 0.407 e. The second kappa shape index (κ2) is 4.88. The van der Waals surface area contributed by atoms with Gasteiger partial charge in [-0.1, -0.05) is 30.3 Å². The fourth-order valence-electron chi connectivity index (χ4n) is 2.66. The first-order valence-corrected chi connectivity index (χ1v) is 6.47. The monoisotopic (exact) mass is 272 g/mol. The molecule has 1 saturated heterocycles. The number of rotatable bonds is 3. The summed E-state index contributed by atoms with van der Waals surface area (Å²) in [5.74, 6) is 0.216. The lowest BCUT2D eigenvalue weighted by atomic mass is 9.87. The molecule has 0 aliphatic carbocycles. The summed E-state index contributed by atoms with van der Waals surface area (Å²) in [6, 6.07) is 10.00. The predicted molar refractivity (Wildman–Crippen MR) is 74.3 cm³/mol. The van der Waals surface area contributed by atoms with Gasteiger partial charge >= 0.3 is 6.09 Å². The van der Waals surface area contributed by atoms with Crippen LogP contribution in [0.5, 0.6) is 0 Å². The average Bonchev–Trinajstić information content (AvgIpc) is 2.80. The molecule has 1 fully saturated rings. The molecule has 6 nitrogen and oxygen atoms in total. The number of benzene rings is 1. The first-order chi connectivity index (χ1) is 9.65. The molecular formula is C14H16N4O2. The lowest BCUT2D eigenvalue weighted by Crippen LogP contribution is -2.52. The first kappa shape index (κ1) is 12.5. The zero-order chi connectivity index (χ0) is 14.1. The zero-order valence-corrected chi connectivity index (χ0v) is 10.9. The normalized spacial score (nSPS) is 16.7. The van der Waals surface area contributed by atoms with Gasteiger partial charge in [0.25, 0.3) is 0 Å². The molecule has 2 heterocycles. The number of nitrogens with zero attached hydrogens (tertiary/aromatic N) is 3. The van der Waals surface area contributed by atoms with Crippen LogP contribution < -0.4 is 5.73 Å². The van der Waals surface area contributed by atoms with Gasteiger partial charge in [0.15, 0.2) is 0 Å². The summed E-state index contributed by atoms with van der Waals surface area (Å²) < 4.78 is 1.83. The number of amides is 1. The molecule has 3 rings (SSSR count). The maximum absolute atomic E-state index is 10.9. The molecule has 1 atom stereocenters. The Morgan fingerprint density at radius 3 is 2.60 bits per heavy atom. The van der Waals surface area contributed by atoms with Gasteiger partial charge in [-0.05, 0) is 5.56 Å². The molecule has 0 bridgehead atoms. The van der Waals surface area contributed by atoms with Crippen molar-refractivity contribution >= 4 is 11.8 Å². The van der Waals surface area contributed by atoms with Crippen LogP contribution in [0.2, 0.25) is 0 Å². The van der Waals surface area contributed by atoms with Crippen molar-refractivity contribution in [3.05, 3.63) is 48.3 Å². The molecule has 1 aromatic heterocycles. The number of carboxylic acid groups (broad SMARTS) is 1. The minimum atomic E-state index is -0.868. The quantitative estimate of drug-likeness (QED) is 0.890. The van der Waals surface area contributed by atoms with E-state index in [2.05, 4.69) is 5.10 Å². The summed E-state index contributed by atoms with van der Waals surface area (Å²) in [5, 5.41) is 13.3. The summed E-state index contributed by atoms with van der Waals surface area (Å²) in [6.45, 7) is 1.04. The number of aromatic nitrogens is 2. The van der Waals surface area contributed by atoms with Gasteiger partial charge in [-0.3, -0.25) is 4.68 Å². The van der Waals surface area contributed by atoms with Crippen LogP contribution in [-0.4, -0.2) is 39.0 Å². The third kappa shape index (κ3) is 2.20. The van der Waals surface area contributed by atoms with E-state index >= 15 is 0 Å². The molecule has 1 aliphatic rings. The van der Waals surface area contributed by atoms with Crippen LogP contribution >= 0.6 is 0 Å². The number of hydrogen-bond acceptors (Lipinski definition) is 3. The predicted octanol–water partition coefficient (Wildman–Crippen LogP) is 1.66. The molecular weight excluding hydrogens is 256 g/mol. The molecule has 20 heavy (non-hydrogen) atoms. The molecule has 0 spiro atoms. The molecule has 1 amide bonds. The number of nitrogen functional groups attached to an aromatic ring is 1. The topological polar surface area (TPSA) is 84.4 Å². The average molecular weight is 272 g/mol. The van der Waals surface area contributed by atoms with E-state index in [4.69, 9.17) is 10.8 Å². The van der Waals surface area contributed by atoms with Gasteiger partial charge in [-0.2, -0.15) is 5.10 Å². The van der Waals surface area contributed by atoms with Gasteiger partial charge in [0.1, 0.15) is 0 Å². The van der Waals surface area contributed by atoms with Gasteiger partial charge in [-0.15, -0.1) is 0 Å². The number of hydrogen-bond donors (Lipinski definition) is 2. The lowest BCUT2D eigenvalue weighted by molar-refractivity contribution is 0.0629. The summed E-state index contributed by atoms with van der Waals surface area (Å²) in [6.07, 6.45) is 2.54. The molecule has 1 unspecified atom stereocenters. The fraction of sp³-hybridized carbons (Fsp3) is 0.286. The van der Waals surface area contributed by atoms with Gasteiger partial charge in [0.05, 0.1) is 17.9 Å². The van der Waals surface area contributed by atoms with Crippen molar-refractivity contribution in [2.24, 2.45) is 5.92 Å². The van der Waals surface area contributed by atoms with E-state index in [1.165, 1.54) is 4.90 Å². The highest BCUT2D eigenvalue weighted by atomic mass is 16.4. The Morgan fingerprint density at radius 2 is 2.05 bits per heavy atom. The van der Waals surface area contributed by atoms with E-state index in [1.54, 1.807) is 12.4 Å². The van der Waals surface area contributed by atoms with E-state index in [1.807, 2.05) is 35.0 Å². The zero-order valence-electron chi connectivity index (χ0n) is 10.9. The minimum Gasteiger partial charge on any atom is -0.465 e. The van der Waals surface area contributed by atoms with Crippen LogP contribution in [0.15, 0.2) is 42.7 Å². The highest BCUT2D eigenvalue weighted by Crippen LogP contribution is 2.33. The summed E-state index contributed by atoms with van der Waals surface area (Å²) >= 11 is 0. The van der Waals surface area contributed by atoms with Crippen LogP contribution in [0.3, 0.4) is 0 Å². The maximum Gasteiger partial charge on any atom is 0.407 e. The largest absolute Gasteiger partial charge is 0.465 e. The molecule has 1 aliphatic heterocycles. The van der Waals surface area contributed by atoms with Crippen molar-refractivity contribution in [1.82, 2.24) is 14.7 Å². The van der Waals surface area contributed by atoms with Crippen molar-refractivity contribution in [3.8, 4) is 0 Å². The van der Waals surface area contributed by atoms with Crippen LogP contribution in [-0.2, 0) is 0 Å². The van der Waals surface area contributed by atoms with Crippen molar-refractivity contribution in [2.75, 3.05) is 18.8 Å². The Morgan fingerprint density at radius 1 is 1.35 bits per heavy atom. The SMILES string of the molecule is Nc1cnn(C(c2ccccc2)C2CN(C(=O)O)C2)c1. The molecule has 2 aromatic rings. The maximum atomic E-state index is 10.9. The van der Waals surface area contributed by atoms with Crippen molar-refractivity contribution < 1.29 is 9.90 Å². The molecule has 104 valence electrons. The third-order valence-electron chi connectivity index (χ3n) is 3.67. The second-order valence-corrected chi connectivity index (χ2v) is 5.06. The Hall–Kier alpha value is -2.50. The number of anilines is 1. The van der Waals surface area contributed by atoms with Crippen molar-refractivity contribution in [1.29, 1.82) is 0 Å². The van der Waals surface area contributed by atoms with E-state index in [9.17, 15) is 4.79 Å². The van der Waals surface area contributed by atoms with Crippen LogP contribution in [0, 0.1) is 5.92 Å². The Kier molecular flexibility index (Phi) is 3.06. The lowest BCUT2D eigenvalue weighted by Gasteiger charge is -2.41. The Bertz CT molecular complexity index is 605. The Labute approximate surface area is 116 Å². The van der Waals surface area contributed by atoms with E-state index in [0.29, 0.717) is 18.8 Å². The minimum absolute atomic E-state index is 0.0177. The van der Waals surface area contributed by atoms with Gasteiger partial charge in [0, 0.05) is 25.2 Å². The fourth-order valence-corrected chi connectivity index (χ4v) is 2.66. The molecule has 0 radical (unpaired) electrons. The highest BCUT2D eigenvalue weighted by molar-refractivity contribution is 5.66. The summed E-state index contributed by atoms with van der Waals surface area (Å²) in [7, 11) is 0. The molecule has 1 aromatic carbocycles. The van der Waals surface area contributed by atoms with Crippen molar-refractivity contribution in [2.45, 2.75) is 6.04 Å². The molecule has 0 saturated carbocycles. The standard InChI is InChI=1S/C14H16N4O2/c15-12-6-16-18(9-12)13(10-4-2-1-3-5-10)11-7-17(8-11)14(19)20/h1-6,9,11,13H,7-8,15H2,(H,19,20). The first-order valence-electron chi connectivity index (χ1n) is 6.47. The number of nitrogens with two attached hydrogens (primary N) is 1. The summed E-state index contributed by atoms with van der Waals surface area (Å²) in [4.78, 5) is 12.3. The number of carbonyl (C=O) groups is 1. The van der Waals surface area contributed by atoms with E-state index in [0.717, 1.165) is 5.56 Å². The van der Waals surface area contributed by atoms with Crippen LogP contribution in [0.1, 0.15) is 11.6 Å². The Balaban J connectivity index is 1.88. The van der Waals surface area contributed by atoms with E-state index < -0.39 is 6.09 Å². The molecule has 6 heteroatoms. The van der Waals surface area contributed by atoms with Gasteiger partial charge in [-0.25, -0.2) is 4.79 Å². The second-order valence-electron chi connectivity index (χ2n) is 5.06. The van der Waals surface area contributed by atoms with Crippen LogP contribution in [0.25, 0.3) is 0 Å². The van der Waals surface area contributed by atoms with Crippen LogP contribution in [0.4, 0.5) is 10.5 Å². The van der Waals surface area contributed by atoms with E-state index in [-0.39, 0.29) is 12.0 Å². The summed E-state index contributed by atoms with van der Waals surface area (Å²) in [5.41, 5.74) is 7.47. The van der Waals surface area contributed by atoms with Gasteiger partial charge in [0.2, 0.25) is 0 Å². The number of likely N-dealkylation sites (tertiary alicyclic amines) is 1. The van der Waals surface area contributed by atoms with Gasteiger partial charge < -0.3 is 15.7 Å². The highest BCUT2D eigenvalue weighted by Gasteiger charge is 2.38. The third-order valence-corrected chi connectivity index (χ3v) is 3.67.